The lowest BCUT2D eigenvalue weighted by atomic mass is 10.1. The van der Waals surface area contributed by atoms with Gasteiger partial charge in [-0.05, 0) is 38.0 Å². The van der Waals surface area contributed by atoms with Crippen LogP contribution in [0.4, 0.5) is 0 Å². The molecule has 1 rings (SSSR count). The molecule has 1 amide bonds. The van der Waals surface area contributed by atoms with E-state index in [0.29, 0.717) is 5.56 Å². The summed E-state index contributed by atoms with van der Waals surface area (Å²) >= 11 is 0. The molecule has 1 aromatic carbocycles. The minimum absolute atomic E-state index is 0.0481. The fraction of sp³-hybridized carbons (Fsp3) is 0.562. The highest BCUT2D eigenvalue weighted by Gasteiger charge is 2.18. The number of ether oxygens (including phenoxy) is 1. The molecule has 7 heteroatoms. The van der Waals surface area contributed by atoms with Gasteiger partial charge in [-0.3, -0.25) is 4.79 Å². The Morgan fingerprint density at radius 3 is 2.65 bits per heavy atom. The van der Waals surface area contributed by atoms with Crippen molar-refractivity contribution in [3.8, 4) is 0 Å². The maximum Gasteiger partial charge on any atom is 0.251 e. The van der Waals surface area contributed by atoms with Crippen LogP contribution < -0.4 is 10.0 Å². The molecular weight excluding hydrogens is 316 g/mol. The smallest absolute Gasteiger partial charge is 0.251 e. The Bertz CT molecular complexity index is 629. The van der Waals surface area contributed by atoms with Crippen molar-refractivity contribution in [1.82, 2.24) is 10.0 Å². The van der Waals surface area contributed by atoms with E-state index in [4.69, 9.17) is 4.74 Å². The Labute approximate surface area is 138 Å². The summed E-state index contributed by atoms with van der Waals surface area (Å²) in [5.74, 6) is -0.252. The topological polar surface area (TPSA) is 84.5 Å². The number of aryl methyl sites for hydroxylation is 1. The Hall–Kier alpha value is -1.44. The molecule has 1 unspecified atom stereocenters. The third kappa shape index (κ3) is 5.93. The molecule has 0 aliphatic heterocycles. The zero-order chi connectivity index (χ0) is 17.5. The molecule has 0 aliphatic carbocycles. The quantitative estimate of drug-likeness (QED) is 0.671. The second kappa shape index (κ2) is 9.00. The molecule has 1 atom stereocenters. The van der Waals surface area contributed by atoms with E-state index in [2.05, 4.69) is 10.0 Å². The molecule has 0 saturated heterocycles. The predicted molar refractivity (Wildman–Crippen MR) is 90.1 cm³/mol. The summed E-state index contributed by atoms with van der Waals surface area (Å²) in [6.45, 7) is 6.24. The average molecular weight is 342 g/mol. The van der Waals surface area contributed by atoms with Gasteiger partial charge in [-0.1, -0.05) is 19.4 Å². The van der Waals surface area contributed by atoms with Crippen molar-refractivity contribution in [3.63, 3.8) is 0 Å². The van der Waals surface area contributed by atoms with Crippen molar-refractivity contribution >= 4 is 15.9 Å². The lowest BCUT2D eigenvalue weighted by Gasteiger charge is -2.15. The maximum absolute atomic E-state index is 12.3. The van der Waals surface area contributed by atoms with Crippen LogP contribution in [0.3, 0.4) is 0 Å². The molecule has 130 valence electrons. The van der Waals surface area contributed by atoms with Crippen LogP contribution >= 0.6 is 0 Å². The van der Waals surface area contributed by atoms with E-state index in [-0.39, 0.29) is 30.0 Å². The van der Waals surface area contributed by atoms with Crippen LogP contribution in [0.15, 0.2) is 23.1 Å². The molecule has 0 radical (unpaired) electrons. The second-order valence-corrected chi connectivity index (χ2v) is 7.30. The Balaban J connectivity index is 2.96. The largest absolute Gasteiger partial charge is 0.383 e. The highest BCUT2D eigenvalue weighted by Crippen LogP contribution is 2.16. The van der Waals surface area contributed by atoms with Crippen LogP contribution in [0, 0.1) is 6.92 Å². The number of hydrogen-bond donors (Lipinski definition) is 2. The van der Waals surface area contributed by atoms with E-state index < -0.39 is 10.0 Å². The summed E-state index contributed by atoms with van der Waals surface area (Å²) < 4.78 is 31.7. The maximum atomic E-state index is 12.3. The van der Waals surface area contributed by atoms with Crippen molar-refractivity contribution in [3.05, 3.63) is 29.3 Å². The highest BCUT2D eigenvalue weighted by atomic mass is 32.2. The summed E-state index contributed by atoms with van der Waals surface area (Å²) in [6.07, 6.45) is 1.85. The van der Waals surface area contributed by atoms with Crippen molar-refractivity contribution in [2.24, 2.45) is 0 Å². The van der Waals surface area contributed by atoms with E-state index in [9.17, 15) is 13.2 Å². The third-order valence-electron chi connectivity index (χ3n) is 3.46. The summed E-state index contributed by atoms with van der Waals surface area (Å²) in [6, 6.07) is 4.60. The Morgan fingerprint density at radius 1 is 1.35 bits per heavy atom. The van der Waals surface area contributed by atoms with Gasteiger partial charge in [-0.15, -0.1) is 0 Å². The zero-order valence-electron chi connectivity index (χ0n) is 14.2. The Kier molecular flexibility index (Phi) is 7.67. The van der Waals surface area contributed by atoms with Crippen LogP contribution in [-0.4, -0.2) is 40.6 Å². The summed E-state index contributed by atoms with van der Waals surface area (Å²) in [4.78, 5) is 12.4. The molecule has 2 N–H and O–H groups in total. The molecular formula is C16H26N2O4S. The van der Waals surface area contributed by atoms with Crippen LogP contribution in [-0.2, 0) is 14.8 Å². The molecule has 23 heavy (non-hydrogen) atoms. The number of methoxy groups -OCH3 is 1. The number of rotatable bonds is 9. The van der Waals surface area contributed by atoms with Gasteiger partial charge < -0.3 is 10.1 Å². The molecule has 1 aromatic rings. The zero-order valence-corrected chi connectivity index (χ0v) is 15.0. The average Bonchev–Trinajstić information content (AvgIpc) is 2.47. The first-order chi connectivity index (χ1) is 10.8. The first-order valence-corrected chi connectivity index (χ1v) is 9.20. The van der Waals surface area contributed by atoms with E-state index in [1.807, 2.05) is 13.8 Å². The number of carbonyl (C=O) groups is 1. The van der Waals surface area contributed by atoms with Gasteiger partial charge in [0.15, 0.2) is 0 Å². The lowest BCUT2D eigenvalue weighted by Crippen LogP contribution is -2.33. The minimum Gasteiger partial charge on any atom is -0.383 e. The highest BCUT2D eigenvalue weighted by molar-refractivity contribution is 7.89. The molecule has 6 nitrogen and oxygen atoms in total. The summed E-state index contributed by atoms with van der Waals surface area (Å²) in [5.41, 5.74) is 1.12. The van der Waals surface area contributed by atoms with Gasteiger partial charge in [0.2, 0.25) is 10.0 Å². The fourth-order valence-electron chi connectivity index (χ4n) is 2.18. The van der Waals surface area contributed by atoms with Gasteiger partial charge in [0.25, 0.3) is 5.91 Å². The first-order valence-electron chi connectivity index (χ1n) is 7.72. The standard InChI is InChI=1S/C16H26N2O4S/c1-5-6-13(3)18-16(19)15-11-14(8-7-12(15)2)23(20,21)17-9-10-22-4/h7-8,11,13,17H,5-6,9-10H2,1-4H3,(H,18,19). The summed E-state index contributed by atoms with van der Waals surface area (Å²) in [5, 5.41) is 2.89. The molecule has 0 fully saturated rings. The van der Waals surface area contributed by atoms with E-state index in [0.717, 1.165) is 18.4 Å². The van der Waals surface area contributed by atoms with E-state index in [1.54, 1.807) is 13.0 Å². The summed E-state index contributed by atoms with van der Waals surface area (Å²) in [7, 11) is -2.15. The third-order valence-corrected chi connectivity index (χ3v) is 4.92. The van der Waals surface area contributed by atoms with Gasteiger partial charge in [0.1, 0.15) is 0 Å². The number of carbonyl (C=O) groups excluding carboxylic acids is 1. The molecule has 0 aliphatic rings. The van der Waals surface area contributed by atoms with Gasteiger partial charge in [-0.2, -0.15) is 0 Å². The van der Waals surface area contributed by atoms with Crippen LogP contribution in [0.1, 0.15) is 42.6 Å². The van der Waals surface area contributed by atoms with Crippen molar-refractivity contribution in [2.45, 2.75) is 44.6 Å². The first kappa shape index (κ1) is 19.6. The van der Waals surface area contributed by atoms with Crippen LogP contribution in [0.5, 0.6) is 0 Å². The molecule has 0 bridgehead atoms. The van der Waals surface area contributed by atoms with E-state index in [1.165, 1.54) is 19.2 Å². The van der Waals surface area contributed by atoms with Crippen molar-refractivity contribution in [2.75, 3.05) is 20.3 Å². The number of sulfonamides is 1. The van der Waals surface area contributed by atoms with Crippen LogP contribution in [0.25, 0.3) is 0 Å². The van der Waals surface area contributed by atoms with Crippen molar-refractivity contribution < 1.29 is 17.9 Å². The normalized spacial score (nSPS) is 12.9. The van der Waals surface area contributed by atoms with Crippen LogP contribution in [0.2, 0.25) is 0 Å². The van der Waals surface area contributed by atoms with Gasteiger partial charge in [0.05, 0.1) is 11.5 Å². The minimum atomic E-state index is -3.65. The SMILES string of the molecule is CCCC(C)NC(=O)c1cc(S(=O)(=O)NCCOC)ccc1C. The van der Waals surface area contributed by atoms with E-state index >= 15 is 0 Å². The number of amides is 1. The lowest BCUT2D eigenvalue weighted by molar-refractivity contribution is 0.0937. The number of benzene rings is 1. The predicted octanol–water partition coefficient (Wildman–Crippen LogP) is 1.84. The van der Waals surface area contributed by atoms with Gasteiger partial charge in [0, 0.05) is 25.3 Å². The van der Waals surface area contributed by atoms with Gasteiger partial charge in [-0.25, -0.2) is 13.1 Å². The van der Waals surface area contributed by atoms with Crippen molar-refractivity contribution in [1.29, 1.82) is 0 Å². The number of nitrogens with one attached hydrogen (secondary N) is 2. The van der Waals surface area contributed by atoms with Gasteiger partial charge >= 0.3 is 0 Å². The molecule has 0 spiro atoms. The number of hydrogen-bond acceptors (Lipinski definition) is 4. The fourth-order valence-corrected chi connectivity index (χ4v) is 3.22. The monoisotopic (exact) mass is 342 g/mol. The molecule has 0 saturated carbocycles. The Morgan fingerprint density at radius 2 is 2.04 bits per heavy atom. The molecule has 0 aromatic heterocycles. The molecule has 0 heterocycles. The second-order valence-electron chi connectivity index (χ2n) is 5.53.